The summed E-state index contributed by atoms with van der Waals surface area (Å²) in [6.07, 6.45) is 3.94. The topological polar surface area (TPSA) is 60.4 Å². The molecule has 5 heteroatoms. The zero-order valence-corrected chi connectivity index (χ0v) is 12.2. The zero-order chi connectivity index (χ0) is 14.7. The molecule has 1 unspecified atom stereocenters. The van der Waals surface area contributed by atoms with Crippen molar-refractivity contribution in [2.24, 2.45) is 5.92 Å². The molecule has 0 aliphatic carbocycles. The monoisotopic (exact) mass is 334 g/mol. The molecular formula is C15H11BrO4. The molecule has 0 amide bonds. The van der Waals surface area contributed by atoms with Crippen molar-refractivity contribution in [1.29, 1.82) is 0 Å². The molecule has 0 aromatic heterocycles. The fourth-order valence-corrected chi connectivity index (χ4v) is 2.21. The summed E-state index contributed by atoms with van der Waals surface area (Å²) in [6, 6.07) is 7.30. The molecule has 4 nitrogen and oxygen atoms in total. The van der Waals surface area contributed by atoms with Crippen molar-refractivity contribution in [3.05, 3.63) is 52.2 Å². The molecule has 1 heterocycles. The minimum atomic E-state index is -1.39. The summed E-state index contributed by atoms with van der Waals surface area (Å²) in [5, 5.41) is 0. The van der Waals surface area contributed by atoms with Gasteiger partial charge < -0.3 is 4.74 Å². The average Bonchev–Trinajstić information content (AvgIpc) is 2.35. The maximum atomic E-state index is 11.9. The van der Waals surface area contributed by atoms with E-state index in [1.807, 2.05) is 18.2 Å². The lowest BCUT2D eigenvalue weighted by molar-refractivity contribution is -0.151. The highest BCUT2D eigenvalue weighted by atomic mass is 79.9. The van der Waals surface area contributed by atoms with Gasteiger partial charge in [-0.15, -0.1) is 0 Å². The number of cyclic esters (lactones) is 1. The lowest BCUT2D eigenvalue weighted by Crippen LogP contribution is -2.34. The second-order valence-electron chi connectivity index (χ2n) is 4.30. The molecule has 20 heavy (non-hydrogen) atoms. The van der Waals surface area contributed by atoms with E-state index in [1.165, 1.54) is 13.0 Å². The Labute approximate surface area is 124 Å². The standard InChI is InChI=1S/C15H11BrO4/c1-9-7-13(18)14(15(19)20-9)12(17)6-5-10-3-2-4-11(16)8-10/h2-8,14H,1H3/b6-5+. The highest BCUT2D eigenvalue weighted by Crippen LogP contribution is 2.17. The Balaban J connectivity index is 2.16. The molecule has 1 aliphatic rings. The van der Waals surface area contributed by atoms with Crippen LogP contribution < -0.4 is 0 Å². The van der Waals surface area contributed by atoms with Crippen LogP contribution in [0.4, 0.5) is 0 Å². The SMILES string of the molecule is CC1=CC(=O)C(C(=O)/C=C/c2cccc(Br)c2)C(=O)O1. The third kappa shape index (κ3) is 3.30. The number of ketones is 2. The first-order valence-corrected chi connectivity index (χ1v) is 6.68. The molecule has 2 rings (SSSR count). The van der Waals surface area contributed by atoms with Crippen molar-refractivity contribution < 1.29 is 19.1 Å². The van der Waals surface area contributed by atoms with Gasteiger partial charge in [-0.25, -0.2) is 0 Å². The van der Waals surface area contributed by atoms with Crippen LogP contribution in [0.15, 0.2) is 46.6 Å². The summed E-state index contributed by atoms with van der Waals surface area (Å²) >= 11 is 3.32. The first-order chi connectivity index (χ1) is 9.47. The molecule has 0 fully saturated rings. The summed E-state index contributed by atoms with van der Waals surface area (Å²) in [6.45, 7) is 1.49. The van der Waals surface area contributed by atoms with Gasteiger partial charge in [0, 0.05) is 10.5 Å². The minimum Gasteiger partial charge on any atom is -0.430 e. The van der Waals surface area contributed by atoms with Gasteiger partial charge in [-0.1, -0.05) is 34.1 Å². The number of hydrogen-bond donors (Lipinski definition) is 0. The Hall–Kier alpha value is -2.01. The molecule has 0 spiro atoms. The third-order valence-electron chi connectivity index (χ3n) is 2.70. The van der Waals surface area contributed by atoms with Gasteiger partial charge in [0.1, 0.15) is 5.76 Å². The van der Waals surface area contributed by atoms with Crippen molar-refractivity contribution in [3.63, 3.8) is 0 Å². The summed E-state index contributed by atoms with van der Waals surface area (Å²) in [4.78, 5) is 35.2. The second kappa shape index (κ2) is 5.96. The van der Waals surface area contributed by atoms with Crippen LogP contribution in [0.5, 0.6) is 0 Å². The number of ether oxygens (including phenoxy) is 1. The van der Waals surface area contributed by atoms with E-state index in [0.717, 1.165) is 16.1 Å². The predicted octanol–water partition coefficient (Wildman–Crippen LogP) is 2.68. The fraction of sp³-hybridized carbons (Fsp3) is 0.133. The number of carbonyl (C=O) groups excluding carboxylic acids is 3. The number of esters is 1. The maximum absolute atomic E-state index is 11.9. The van der Waals surface area contributed by atoms with E-state index in [0.29, 0.717) is 0 Å². The van der Waals surface area contributed by atoms with Crippen LogP contribution in [-0.4, -0.2) is 17.5 Å². The molecule has 1 aromatic carbocycles. The van der Waals surface area contributed by atoms with Crippen molar-refractivity contribution in [3.8, 4) is 0 Å². The Morgan fingerprint density at radius 1 is 1.35 bits per heavy atom. The van der Waals surface area contributed by atoms with Crippen molar-refractivity contribution in [2.45, 2.75) is 6.92 Å². The molecule has 0 N–H and O–H groups in total. The van der Waals surface area contributed by atoms with Crippen LogP contribution in [0, 0.1) is 5.92 Å². The number of hydrogen-bond acceptors (Lipinski definition) is 4. The van der Waals surface area contributed by atoms with E-state index >= 15 is 0 Å². The molecule has 0 bridgehead atoms. The summed E-state index contributed by atoms with van der Waals surface area (Å²) in [5.41, 5.74) is 0.788. The van der Waals surface area contributed by atoms with Gasteiger partial charge in [0.05, 0.1) is 0 Å². The lowest BCUT2D eigenvalue weighted by Gasteiger charge is -2.15. The van der Waals surface area contributed by atoms with Crippen molar-refractivity contribution >= 4 is 39.5 Å². The van der Waals surface area contributed by atoms with Crippen LogP contribution >= 0.6 is 15.9 Å². The first-order valence-electron chi connectivity index (χ1n) is 5.89. The summed E-state index contributed by atoms with van der Waals surface area (Å²) in [7, 11) is 0. The van der Waals surface area contributed by atoms with E-state index in [1.54, 1.807) is 12.1 Å². The first kappa shape index (κ1) is 14.4. The molecule has 1 aromatic rings. The van der Waals surface area contributed by atoms with Crippen LogP contribution in [0.2, 0.25) is 0 Å². The van der Waals surface area contributed by atoms with E-state index in [2.05, 4.69) is 15.9 Å². The van der Waals surface area contributed by atoms with Gasteiger partial charge in [-0.05, 0) is 30.7 Å². The second-order valence-corrected chi connectivity index (χ2v) is 5.22. The van der Waals surface area contributed by atoms with Crippen LogP contribution in [-0.2, 0) is 19.1 Å². The molecule has 0 saturated heterocycles. The minimum absolute atomic E-state index is 0.208. The van der Waals surface area contributed by atoms with Crippen molar-refractivity contribution in [1.82, 2.24) is 0 Å². The smallest absolute Gasteiger partial charge is 0.329 e. The quantitative estimate of drug-likeness (QED) is 0.484. The van der Waals surface area contributed by atoms with Gasteiger partial charge in [-0.3, -0.25) is 14.4 Å². The molecule has 1 atom stereocenters. The number of rotatable bonds is 3. The van der Waals surface area contributed by atoms with Crippen LogP contribution in [0.25, 0.3) is 6.08 Å². The number of halogens is 1. The zero-order valence-electron chi connectivity index (χ0n) is 10.6. The molecular weight excluding hydrogens is 324 g/mol. The van der Waals surface area contributed by atoms with E-state index in [9.17, 15) is 14.4 Å². The summed E-state index contributed by atoms with van der Waals surface area (Å²) in [5.74, 6) is -3.12. The van der Waals surface area contributed by atoms with Crippen LogP contribution in [0.3, 0.4) is 0 Å². The Bertz CT molecular complexity index is 643. The van der Waals surface area contributed by atoms with Gasteiger partial charge in [-0.2, -0.15) is 0 Å². The predicted molar refractivity (Wildman–Crippen MR) is 76.5 cm³/mol. The highest BCUT2D eigenvalue weighted by Gasteiger charge is 2.36. The van der Waals surface area contributed by atoms with Crippen molar-refractivity contribution in [2.75, 3.05) is 0 Å². The number of carbonyl (C=O) groups is 3. The van der Waals surface area contributed by atoms with E-state index in [4.69, 9.17) is 4.74 Å². The lowest BCUT2D eigenvalue weighted by atomic mass is 9.96. The Morgan fingerprint density at radius 2 is 2.10 bits per heavy atom. The largest absolute Gasteiger partial charge is 0.430 e. The average molecular weight is 335 g/mol. The Morgan fingerprint density at radius 3 is 2.75 bits per heavy atom. The number of allylic oxidation sites excluding steroid dienone is 3. The molecule has 1 aliphatic heterocycles. The third-order valence-corrected chi connectivity index (χ3v) is 3.19. The van der Waals surface area contributed by atoms with E-state index < -0.39 is 23.5 Å². The van der Waals surface area contributed by atoms with Gasteiger partial charge in [0.25, 0.3) is 0 Å². The Kier molecular flexibility index (Phi) is 4.29. The van der Waals surface area contributed by atoms with Gasteiger partial charge in [0.15, 0.2) is 17.5 Å². The molecule has 0 saturated carbocycles. The van der Waals surface area contributed by atoms with Crippen LogP contribution in [0.1, 0.15) is 12.5 Å². The number of benzene rings is 1. The van der Waals surface area contributed by atoms with E-state index in [-0.39, 0.29) is 5.76 Å². The van der Waals surface area contributed by atoms with Gasteiger partial charge >= 0.3 is 5.97 Å². The highest BCUT2D eigenvalue weighted by molar-refractivity contribution is 9.10. The molecule has 0 radical (unpaired) electrons. The normalized spacial score (nSPS) is 18.9. The fourth-order valence-electron chi connectivity index (χ4n) is 1.79. The molecule has 102 valence electrons. The summed E-state index contributed by atoms with van der Waals surface area (Å²) < 4.78 is 5.67. The van der Waals surface area contributed by atoms with Gasteiger partial charge in [0.2, 0.25) is 0 Å². The maximum Gasteiger partial charge on any atom is 0.329 e.